The molecule has 0 radical (unpaired) electrons. The van der Waals surface area contributed by atoms with Crippen LogP contribution in [0.5, 0.6) is 17.2 Å². The van der Waals surface area contributed by atoms with Crippen molar-refractivity contribution in [1.29, 1.82) is 0 Å². The van der Waals surface area contributed by atoms with Crippen LogP contribution in [0.4, 0.5) is 0 Å². The summed E-state index contributed by atoms with van der Waals surface area (Å²) in [7, 11) is 0. The number of benzene rings is 2. The van der Waals surface area contributed by atoms with Gasteiger partial charge in [0.05, 0.1) is 23.4 Å². The zero-order valence-corrected chi connectivity index (χ0v) is 19.5. The number of fused-ring (bicyclic) bond motifs is 2. The number of hydrogen-bond acceptors (Lipinski definition) is 7. The molecule has 1 aromatic heterocycles. The van der Waals surface area contributed by atoms with E-state index in [4.69, 9.17) is 18.9 Å². The summed E-state index contributed by atoms with van der Waals surface area (Å²) in [5.74, 6) is 1.01. The van der Waals surface area contributed by atoms with E-state index in [0.717, 1.165) is 29.5 Å². The van der Waals surface area contributed by atoms with Crippen molar-refractivity contribution in [2.75, 3.05) is 20.0 Å². The van der Waals surface area contributed by atoms with Crippen LogP contribution in [0.3, 0.4) is 0 Å². The molecule has 0 saturated carbocycles. The Bertz CT molecular complexity index is 1230. The third-order valence-electron chi connectivity index (χ3n) is 5.06. The van der Waals surface area contributed by atoms with Gasteiger partial charge in [0.25, 0.3) is 5.91 Å². The van der Waals surface area contributed by atoms with Gasteiger partial charge in [0.1, 0.15) is 12.3 Å². The number of aromatic nitrogens is 1. The summed E-state index contributed by atoms with van der Waals surface area (Å²) >= 11 is 1.30. The number of carbonyl (C=O) groups excluding carboxylic acids is 2. The molecule has 0 bridgehead atoms. The van der Waals surface area contributed by atoms with Crippen LogP contribution in [0.2, 0.25) is 0 Å². The summed E-state index contributed by atoms with van der Waals surface area (Å²) in [4.78, 5) is 30.0. The summed E-state index contributed by atoms with van der Waals surface area (Å²) in [6.07, 6.45) is 3.18. The highest BCUT2D eigenvalue weighted by molar-refractivity contribution is 7.16. The van der Waals surface area contributed by atoms with Gasteiger partial charge in [-0.1, -0.05) is 37.2 Å². The predicted octanol–water partition coefficient (Wildman–Crippen LogP) is 4.30. The molecule has 0 N–H and O–H groups in total. The summed E-state index contributed by atoms with van der Waals surface area (Å²) in [6, 6.07) is 10.6. The van der Waals surface area contributed by atoms with Crippen LogP contribution in [0.25, 0.3) is 10.2 Å². The summed E-state index contributed by atoms with van der Waals surface area (Å²) in [5.41, 5.74) is 1.13. The molecule has 0 saturated heterocycles. The molecule has 8 nitrogen and oxygen atoms in total. The van der Waals surface area contributed by atoms with Crippen molar-refractivity contribution in [2.24, 2.45) is 4.99 Å². The molecule has 9 heteroatoms. The molecule has 0 spiro atoms. The van der Waals surface area contributed by atoms with Crippen molar-refractivity contribution in [3.63, 3.8) is 0 Å². The maximum absolute atomic E-state index is 13.0. The fourth-order valence-corrected chi connectivity index (χ4v) is 4.48. The van der Waals surface area contributed by atoms with E-state index in [1.165, 1.54) is 11.3 Å². The lowest BCUT2D eigenvalue weighted by Gasteiger charge is -2.07. The van der Waals surface area contributed by atoms with Gasteiger partial charge >= 0.3 is 5.97 Å². The molecule has 4 rings (SSSR count). The largest absolute Gasteiger partial charge is 0.494 e. The molecule has 2 heterocycles. The van der Waals surface area contributed by atoms with E-state index in [2.05, 4.69) is 11.9 Å². The Labute approximate surface area is 195 Å². The van der Waals surface area contributed by atoms with E-state index >= 15 is 0 Å². The Morgan fingerprint density at radius 3 is 2.73 bits per heavy atom. The smallest absolute Gasteiger partial charge is 0.326 e. The van der Waals surface area contributed by atoms with Crippen LogP contribution in [0, 0.1) is 0 Å². The van der Waals surface area contributed by atoms with Gasteiger partial charge in [0.2, 0.25) is 6.79 Å². The lowest BCUT2D eigenvalue weighted by atomic mass is 10.2. The SMILES string of the molecule is CCCCCOc1cccc(C(=O)N=c2sc3cc4c(cc3n2CC(=O)OCC)OCO4)c1. The molecule has 0 atom stereocenters. The third-order valence-corrected chi connectivity index (χ3v) is 6.11. The number of carbonyl (C=O) groups is 2. The number of ether oxygens (including phenoxy) is 4. The first kappa shape index (κ1) is 22.8. The number of unbranched alkanes of at least 4 members (excludes halogenated alkanes) is 2. The van der Waals surface area contributed by atoms with E-state index in [9.17, 15) is 9.59 Å². The second-order valence-corrected chi connectivity index (χ2v) is 8.46. The van der Waals surface area contributed by atoms with Crippen LogP contribution < -0.4 is 19.0 Å². The average Bonchev–Trinajstić information content (AvgIpc) is 3.39. The number of amides is 1. The van der Waals surface area contributed by atoms with E-state index in [0.29, 0.717) is 34.2 Å². The second kappa shape index (κ2) is 10.5. The van der Waals surface area contributed by atoms with Crippen molar-refractivity contribution in [3.05, 3.63) is 46.8 Å². The van der Waals surface area contributed by atoms with Crippen LogP contribution in [-0.2, 0) is 16.1 Å². The van der Waals surface area contributed by atoms with E-state index in [1.54, 1.807) is 35.8 Å². The van der Waals surface area contributed by atoms with Crippen molar-refractivity contribution in [1.82, 2.24) is 4.57 Å². The first-order valence-electron chi connectivity index (χ1n) is 11.0. The minimum atomic E-state index is -0.418. The van der Waals surface area contributed by atoms with Crippen LogP contribution >= 0.6 is 11.3 Å². The third kappa shape index (κ3) is 5.36. The minimum absolute atomic E-state index is 0.0693. The number of hydrogen-bond donors (Lipinski definition) is 0. The molecule has 1 amide bonds. The molecule has 2 aromatic carbocycles. The quantitative estimate of drug-likeness (QED) is 0.342. The monoisotopic (exact) mass is 470 g/mol. The van der Waals surface area contributed by atoms with Gasteiger partial charge in [0.15, 0.2) is 16.3 Å². The van der Waals surface area contributed by atoms with Gasteiger partial charge in [-0.05, 0) is 31.5 Å². The predicted molar refractivity (Wildman–Crippen MR) is 124 cm³/mol. The molecular weight excluding hydrogens is 444 g/mol. The molecule has 3 aromatic rings. The van der Waals surface area contributed by atoms with Crippen molar-refractivity contribution < 1.29 is 28.5 Å². The van der Waals surface area contributed by atoms with E-state index in [1.807, 2.05) is 12.1 Å². The zero-order valence-electron chi connectivity index (χ0n) is 18.7. The van der Waals surface area contributed by atoms with Crippen molar-refractivity contribution >= 4 is 33.4 Å². The lowest BCUT2D eigenvalue weighted by molar-refractivity contribution is -0.143. The molecule has 174 valence electrons. The summed E-state index contributed by atoms with van der Waals surface area (Å²) in [5, 5.41) is 0. The highest BCUT2D eigenvalue weighted by atomic mass is 32.1. The summed E-state index contributed by atoms with van der Waals surface area (Å²) < 4.78 is 24.3. The van der Waals surface area contributed by atoms with Gasteiger partial charge in [-0.15, -0.1) is 0 Å². The molecular formula is C24H26N2O6S. The van der Waals surface area contributed by atoms with Crippen LogP contribution in [-0.4, -0.2) is 36.5 Å². The van der Waals surface area contributed by atoms with Crippen LogP contribution in [0.15, 0.2) is 41.4 Å². The topological polar surface area (TPSA) is 88.4 Å². The summed E-state index contributed by atoms with van der Waals surface area (Å²) in [6.45, 7) is 4.84. The van der Waals surface area contributed by atoms with Gasteiger partial charge in [-0.2, -0.15) is 4.99 Å². The van der Waals surface area contributed by atoms with E-state index < -0.39 is 11.9 Å². The number of nitrogens with zero attached hydrogens (tertiary/aromatic N) is 2. The Morgan fingerprint density at radius 2 is 1.94 bits per heavy atom. The molecule has 1 aliphatic heterocycles. The number of thiazole rings is 1. The molecule has 33 heavy (non-hydrogen) atoms. The van der Waals surface area contributed by atoms with Crippen molar-refractivity contribution in [3.8, 4) is 17.2 Å². The Balaban J connectivity index is 1.67. The average molecular weight is 471 g/mol. The Morgan fingerprint density at radius 1 is 1.12 bits per heavy atom. The van der Waals surface area contributed by atoms with Gasteiger partial charge in [-0.3, -0.25) is 9.59 Å². The number of esters is 1. The molecule has 0 aliphatic carbocycles. The van der Waals surface area contributed by atoms with Crippen molar-refractivity contribution in [2.45, 2.75) is 39.7 Å². The standard InChI is InChI=1S/C24H26N2O6S/c1-3-5-6-10-30-17-9-7-8-16(11-17)23(28)25-24-26(14-22(27)29-4-2)18-12-19-20(32-15-31-19)13-21(18)33-24/h7-9,11-13H,3-6,10,14-15H2,1-2H3. The zero-order chi connectivity index (χ0) is 23.2. The fourth-order valence-electron chi connectivity index (χ4n) is 3.45. The Kier molecular flexibility index (Phi) is 7.29. The van der Waals surface area contributed by atoms with E-state index in [-0.39, 0.29) is 19.9 Å². The first-order chi connectivity index (χ1) is 16.1. The normalized spacial score (nSPS) is 12.8. The van der Waals surface area contributed by atoms with Crippen LogP contribution in [0.1, 0.15) is 43.5 Å². The lowest BCUT2D eigenvalue weighted by Crippen LogP contribution is -2.23. The second-order valence-electron chi connectivity index (χ2n) is 7.45. The fraction of sp³-hybridized carbons (Fsp3) is 0.375. The number of rotatable bonds is 9. The maximum atomic E-state index is 13.0. The minimum Gasteiger partial charge on any atom is -0.494 e. The first-order valence-corrected chi connectivity index (χ1v) is 11.8. The van der Waals surface area contributed by atoms with Gasteiger partial charge in [0, 0.05) is 17.7 Å². The molecule has 0 fully saturated rings. The molecule has 0 unspecified atom stereocenters. The maximum Gasteiger partial charge on any atom is 0.326 e. The molecule has 1 aliphatic rings. The Hall–Kier alpha value is -3.33. The van der Waals surface area contributed by atoms with Gasteiger partial charge in [-0.25, -0.2) is 0 Å². The highest BCUT2D eigenvalue weighted by Gasteiger charge is 2.19. The van der Waals surface area contributed by atoms with Gasteiger partial charge < -0.3 is 23.5 Å². The highest BCUT2D eigenvalue weighted by Crippen LogP contribution is 2.37.